The van der Waals surface area contributed by atoms with Crippen molar-refractivity contribution in [2.45, 2.75) is 97.2 Å². The van der Waals surface area contributed by atoms with E-state index in [1.807, 2.05) is 0 Å². The fraction of sp³-hybridized carbons (Fsp3) is 1.00. The van der Waals surface area contributed by atoms with Crippen molar-refractivity contribution in [1.29, 1.82) is 0 Å². The standard InChI is InChI=1S/C13H22P.C5H4.2ClH.Fe.Pd/c1-12(2,3)14(13(4,5)6)11-9-7-8-10-11;1-2-4-5-3-1;;;;/h7-10H,1-6H3;1-4H;2*1H;;/q;;;;;+2/p-2. The van der Waals surface area contributed by atoms with E-state index in [4.69, 9.17) is 0 Å². The number of hydrogen-bond donors (Lipinski definition) is 0. The molecule has 0 aliphatic carbocycles. The summed E-state index contributed by atoms with van der Waals surface area (Å²) in [5.41, 5.74) is 0. The Kier molecular flexibility index (Phi) is 0.835. The van der Waals surface area contributed by atoms with Crippen molar-refractivity contribution in [2.75, 3.05) is 0 Å². The van der Waals surface area contributed by atoms with Crippen molar-refractivity contribution in [2.24, 2.45) is 0 Å². The van der Waals surface area contributed by atoms with Crippen LogP contribution in [0.2, 0.25) is 41.3 Å². The Labute approximate surface area is 154 Å². The molecule has 0 saturated carbocycles. The molecule has 10 fully saturated rings. The van der Waals surface area contributed by atoms with Gasteiger partial charge < -0.3 is 24.8 Å². The SMILES string of the molecule is CC(C)(C)P(C(C)(C)C)[C]12[CH]3[CH]4[CH]5[CH]1[Fe]45321678[CH]2[CH]1[CH]6[C]7([Pd+2])[CH]28.[Cl-].[Cl-]. The van der Waals surface area contributed by atoms with Gasteiger partial charge in [-0.2, -0.15) is 0 Å². The van der Waals surface area contributed by atoms with E-state index in [2.05, 4.69) is 60.7 Å². The molecule has 10 rings (SSSR count). The Bertz CT molecular complexity index is 1130. The molecule has 0 nitrogen and oxygen atoms in total. The first-order valence-corrected chi connectivity index (χ1v) is 17.3. The summed E-state index contributed by atoms with van der Waals surface area (Å²) >= 11 is 4.24. The van der Waals surface area contributed by atoms with Crippen LogP contribution in [0.25, 0.3) is 0 Å². The molecule has 8 unspecified atom stereocenters. The van der Waals surface area contributed by atoms with Gasteiger partial charge in [0.1, 0.15) is 0 Å². The van der Waals surface area contributed by atoms with Crippen LogP contribution in [0.1, 0.15) is 41.5 Å². The number of rotatable bonds is 1. The van der Waals surface area contributed by atoms with Crippen LogP contribution >= 0.6 is 7.92 Å². The second-order valence-corrected chi connectivity index (χ2v) is 43.9. The van der Waals surface area contributed by atoms with Crippen LogP contribution in [0.3, 0.4) is 0 Å². The van der Waals surface area contributed by atoms with Crippen LogP contribution in [0.5, 0.6) is 0 Å². The molecular weight excluding hydrogens is 480 g/mol. The van der Waals surface area contributed by atoms with Crippen LogP contribution in [-0.4, -0.2) is 14.4 Å². The first-order chi connectivity index (χ1) is 9.30. The Morgan fingerprint density at radius 2 is 1.09 bits per heavy atom. The molecule has 0 aromatic heterocycles. The molecular formula is C18H26Cl2FePPd. The third-order valence-electron chi connectivity index (χ3n) is 16.2. The summed E-state index contributed by atoms with van der Waals surface area (Å²) in [7, 11) is 0.184. The number of fused-ring (bicyclic) bond motifs is 10. The van der Waals surface area contributed by atoms with E-state index in [0.717, 1.165) is 6.84 Å². The van der Waals surface area contributed by atoms with Crippen molar-refractivity contribution >= 4 is 7.92 Å². The third-order valence-corrected chi connectivity index (χ3v) is 73.6. The maximum absolute atomic E-state index is 4.24. The van der Waals surface area contributed by atoms with Gasteiger partial charge in [-0.3, -0.25) is 0 Å². The average Bonchev–Trinajstić information content (AvgIpc) is 3.21. The Morgan fingerprint density at radius 3 is 1.22 bits per heavy atom. The predicted molar refractivity (Wildman–Crippen MR) is 81.9 cm³/mol. The summed E-state index contributed by atoms with van der Waals surface area (Å²) < 4.78 is 2.01. The van der Waals surface area contributed by atoms with Crippen molar-refractivity contribution in [3.8, 4) is 0 Å². The fourth-order valence-corrected chi connectivity index (χ4v) is 123. The Morgan fingerprint density at radius 1 is 0.739 bits per heavy atom. The van der Waals surface area contributed by atoms with E-state index in [9.17, 15) is 0 Å². The summed E-state index contributed by atoms with van der Waals surface area (Å²) in [6, 6.07) is 0. The zero-order valence-electron chi connectivity index (χ0n) is 14.5. The Balaban J connectivity index is 0.000000500. The molecule has 10 saturated heterocycles. The number of halogens is 2. The van der Waals surface area contributed by atoms with Crippen LogP contribution in [0, 0.1) is 0 Å². The molecule has 135 valence electrons. The minimum absolute atomic E-state index is 0. The van der Waals surface area contributed by atoms with Gasteiger partial charge in [0.2, 0.25) is 0 Å². The van der Waals surface area contributed by atoms with Gasteiger partial charge in [-0.1, -0.05) is 0 Å². The molecule has 0 amide bonds. The molecule has 10 aliphatic rings. The predicted octanol–water partition coefficient (Wildman–Crippen LogP) is 0.245. The molecule has 23 heavy (non-hydrogen) atoms. The van der Waals surface area contributed by atoms with Crippen LogP contribution in [0.15, 0.2) is 0 Å². The zero-order chi connectivity index (χ0) is 14.5. The topological polar surface area (TPSA) is 0 Å². The first-order valence-electron chi connectivity index (χ1n) is 8.97. The number of hydrogen-bond acceptors (Lipinski definition) is 0. The smallest absolute Gasteiger partial charge is 1.00 e. The van der Waals surface area contributed by atoms with E-state index in [-0.39, 0.29) is 32.7 Å². The maximum Gasteiger partial charge on any atom is -1.00 e. The molecule has 10 aliphatic heterocycles. The quantitative estimate of drug-likeness (QED) is 0.354. The second-order valence-electron chi connectivity index (χ2n) is 14.3. The minimum atomic E-state index is -3.11. The summed E-state index contributed by atoms with van der Waals surface area (Å²) in [5.74, 6) is 0. The average molecular weight is 507 g/mol. The van der Waals surface area contributed by atoms with Crippen molar-refractivity contribution in [3.05, 3.63) is 0 Å². The Hall–Kier alpha value is 2.19. The summed E-state index contributed by atoms with van der Waals surface area (Å²) in [6.45, 7) is 12.6. The van der Waals surface area contributed by atoms with E-state index in [1.165, 1.54) is 38.5 Å². The molecule has 1 spiro atoms. The van der Waals surface area contributed by atoms with Crippen LogP contribution in [0.4, 0.5) is 0 Å². The summed E-state index contributed by atoms with van der Waals surface area (Å²) in [5, 5.41) is 1.16. The summed E-state index contributed by atoms with van der Waals surface area (Å²) in [6.07, 6.45) is 0. The van der Waals surface area contributed by atoms with Crippen LogP contribution in [-0.2, 0) is 25.7 Å². The van der Waals surface area contributed by atoms with E-state index in [1.54, 1.807) is 0 Å². The fourth-order valence-electron chi connectivity index (χ4n) is 18.6. The second kappa shape index (κ2) is 1.35. The first kappa shape index (κ1) is 14.2. The van der Waals surface area contributed by atoms with Gasteiger partial charge in [-0.25, -0.2) is 0 Å². The van der Waals surface area contributed by atoms with Crippen molar-refractivity contribution < 1.29 is 50.5 Å². The molecule has 8 atom stereocenters. The van der Waals surface area contributed by atoms with E-state index >= 15 is 0 Å². The van der Waals surface area contributed by atoms with Gasteiger partial charge in [-0.15, -0.1) is 0 Å². The van der Waals surface area contributed by atoms with E-state index < -0.39 is 6.51 Å². The van der Waals surface area contributed by atoms with Crippen LogP contribution < -0.4 is 24.8 Å². The molecule has 0 radical (unpaired) electrons. The molecule has 10 heterocycles. The largest absolute Gasteiger partial charge is 1.00 e. The van der Waals surface area contributed by atoms with Gasteiger partial charge in [0.25, 0.3) is 0 Å². The third kappa shape index (κ3) is 0.197. The molecule has 0 aromatic rings. The molecule has 0 bridgehead atoms. The van der Waals surface area contributed by atoms with Crippen molar-refractivity contribution in [1.82, 2.24) is 0 Å². The molecule has 0 N–H and O–H groups in total. The maximum atomic E-state index is 4.24. The minimum Gasteiger partial charge on any atom is -1.00 e. The normalized spacial score (nSPS) is 95.3. The van der Waals surface area contributed by atoms with Gasteiger partial charge in [0, 0.05) is 0 Å². The van der Waals surface area contributed by atoms with Gasteiger partial charge in [0.15, 0.2) is 0 Å². The molecule has 5 heteroatoms. The van der Waals surface area contributed by atoms with E-state index in [0.29, 0.717) is 10.3 Å². The molecule has 0 aromatic carbocycles. The van der Waals surface area contributed by atoms with Gasteiger partial charge >= 0.3 is 131 Å². The summed E-state index contributed by atoms with van der Waals surface area (Å²) in [4.78, 5) is 11.4. The zero-order valence-corrected chi connectivity index (χ0v) is 19.6. The van der Waals surface area contributed by atoms with Gasteiger partial charge in [0.05, 0.1) is 0 Å². The van der Waals surface area contributed by atoms with Crippen molar-refractivity contribution in [3.63, 3.8) is 0 Å². The van der Waals surface area contributed by atoms with Gasteiger partial charge in [-0.05, 0) is 0 Å². The monoisotopic (exact) mass is 505 g/mol.